The summed E-state index contributed by atoms with van der Waals surface area (Å²) in [6.07, 6.45) is 2.25. The smallest absolute Gasteiger partial charge is 0.237 e. The van der Waals surface area contributed by atoms with Crippen LogP contribution in [0.25, 0.3) is 10.9 Å². The first-order chi connectivity index (χ1) is 15.9. The van der Waals surface area contributed by atoms with Crippen molar-refractivity contribution in [1.82, 2.24) is 19.7 Å². The molecule has 33 heavy (non-hydrogen) atoms. The average Bonchev–Trinajstić information content (AvgIpc) is 3.17. The van der Waals surface area contributed by atoms with Gasteiger partial charge in [0.2, 0.25) is 5.91 Å². The van der Waals surface area contributed by atoms with Crippen LogP contribution in [0.5, 0.6) is 5.75 Å². The highest BCUT2D eigenvalue weighted by molar-refractivity contribution is 5.89. The van der Waals surface area contributed by atoms with Gasteiger partial charge in [-0.1, -0.05) is 0 Å². The van der Waals surface area contributed by atoms with Gasteiger partial charge in [-0.25, -0.2) is 0 Å². The summed E-state index contributed by atoms with van der Waals surface area (Å²) in [5.41, 5.74) is 3.13. The van der Waals surface area contributed by atoms with Crippen molar-refractivity contribution < 1.29 is 19.4 Å². The van der Waals surface area contributed by atoms with Crippen molar-refractivity contribution in [2.45, 2.75) is 24.3 Å². The number of nitrogens with one attached hydrogen (secondary N) is 1. The van der Waals surface area contributed by atoms with Gasteiger partial charge in [0.1, 0.15) is 5.75 Å². The van der Waals surface area contributed by atoms with Gasteiger partial charge in [-0.3, -0.25) is 4.79 Å². The van der Waals surface area contributed by atoms with E-state index in [4.69, 9.17) is 9.47 Å². The number of amides is 1. The molecule has 0 saturated carbocycles. The number of ether oxygens (including phenoxy) is 2. The molecule has 0 aliphatic carbocycles. The van der Waals surface area contributed by atoms with Gasteiger partial charge in [-0.15, -0.1) is 0 Å². The maximum Gasteiger partial charge on any atom is 0.237 e. The summed E-state index contributed by atoms with van der Waals surface area (Å²) in [6, 6.07) is 5.78. The number of rotatable bonds is 6. The van der Waals surface area contributed by atoms with Crippen molar-refractivity contribution in [2.24, 2.45) is 5.92 Å². The standard InChI is InChI=1S/C25H36N4O4/c1-27(2)12-22(31)29-16-25(14-28(15-25)11-17-6-8-33-9-7-17)23-19-5-4-18(32-3)10-20(19)26-24(23)21(29)13-30/h4-5,10,17,21,26,30H,6-9,11-16H2,1-3H3/t21-/m1/s1. The minimum Gasteiger partial charge on any atom is -0.497 e. The van der Waals surface area contributed by atoms with Crippen LogP contribution in [0.3, 0.4) is 0 Å². The number of methoxy groups -OCH3 is 1. The predicted octanol–water partition coefficient (Wildman–Crippen LogP) is 1.59. The molecule has 4 heterocycles. The van der Waals surface area contributed by atoms with Crippen LogP contribution >= 0.6 is 0 Å². The van der Waals surface area contributed by atoms with Crippen LogP contribution in [-0.2, 0) is 14.9 Å². The Labute approximate surface area is 195 Å². The molecule has 2 fully saturated rings. The highest BCUT2D eigenvalue weighted by Gasteiger charge is 2.53. The molecule has 1 aromatic heterocycles. The molecule has 1 atom stereocenters. The first-order valence-electron chi connectivity index (χ1n) is 12.0. The van der Waals surface area contributed by atoms with Crippen LogP contribution in [0.2, 0.25) is 0 Å². The molecule has 0 radical (unpaired) electrons. The lowest BCUT2D eigenvalue weighted by atomic mass is 9.68. The molecule has 5 rings (SSSR count). The third-order valence-corrected chi connectivity index (χ3v) is 7.60. The number of aliphatic hydroxyl groups excluding tert-OH is 1. The fourth-order valence-corrected chi connectivity index (χ4v) is 6.12. The van der Waals surface area contributed by atoms with Crippen LogP contribution in [-0.4, -0.2) is 104 Å². The summed E-state index contributed by atoms with van der Waals surface area (Å²) in [6.45, 7) is 5.55. The minimum atomic E-state index is -0.360. The Bertz CT molecular complexity index is 1010. The van der Waals surface area contributed by atoms with Gasteiger partial charge >= 0.3 is 0 Å². The first-order valence-corrected chi connectivity index (χ1v) is 12.0. The number of hydrogen-bond donors (Lipinski definition) is 2. The topological polar surface area (TPSA) is 81.3 Å². The Morgan fingerprint density at radius 1 is 1.27 bits per heavy atom. The van der Waals surface area contributed by atoms with E-state index in [9.17, 15) is 9.90 Å². The fourth-order valence-electron chi connectivity index (χ4n) is 6.12. The maximum absolute atomic E-state index is 13.2. The molecular weight excluding hydrogens is 420 g/mol. The Kier molecular flexibility index (Phi) is 6.11. The molecule has 0 unspecified atom stereocenters. The Balaban J connectivity index is 1.50. The maximum atomic E-state index is 13.2. The van der Waals surface area contributed by atoms with Crippen LogP contribution < -0.4 is 4.74 Å². The summed E-state index contributed by atoms with van der Waals surface area (Å²) in [5.74, 6) is 1.54. The van der Waals surface area contributed by atoms with E-state index in [1.165, 1.54) is 10.9 Å². The van der Waals surface area contributed by atoms with Crippen molar-refractivity contribution in [3.8, 4) is 5.75 Å². The second-order valence-corrected chi connectivity index (χ2v) is 10.3. The van der Waals surface area contributed by atoms with Crippen LogP contribution in [0, 0.1) is 5.92 Å². The highest BCUT2D eigenvalue weighted by atomic mass is 16.5. The van der Waals surface area contributed by atoms with E-state index < -0.39 is 0 Å². The first kappa shape index (κ1) is 22.7. The van der Waals surface area contributed by atoms with Gasteiger partial charge in [0.15, 0.2) is 0 Å². The van der Waals surface area contributed by atoms with Crippen LogP contribution in [0.4, 0.5) is 0 Å². The summed E-state index contributed by atoms with van der Waals surface area (Å²) < 4.78 is 11.0. The SMILES string of the molecule is COc1ccc2c3c([nH]c2c1)[C@@H](CO)N(C(=O)CN(C)C)CC31CN(CC2CCOCC2)C1. The summed E-state index contributed by atoms with van der Waals surface area (Å²) in [5, 5.41) is 11.5. The number of fused-ring (bicyclic) bond motifs is 4. The number of carbonyl (C=O) groups excluding carboxylic acids is 1. The molecule has 1 spiro atoms. The number of likely N-dealkylation sites (tertiary alicyclic amines) is 1. The molecule has 2 saturated heterocycles. The molecular formula is C25H36N4O4. The van der Waals surface area contributed by atoms with E-state index in [0.29, 0.717) is 19.0 Å². The second kappa shape index (κ2) is 8.91. The monoisotopic (exact) mass is 456 g/mol. The molecule has 3 aliphatic rings. The van der Waals surface area contributed by atoms with Gasteiger partial charge in [-0.05, 0) is 50.6 Å². The zero-order valence-electron chi connectivity index (χ0n) is 20.0. The minimum absolute atomic E-state index is 0.0585. The predicted molar refractivity (Wildman–Crippen MR) is 127 cm³/mol. The van der Waals surface area contributed by atoms with Crippen molar-refractivity contribution in [1.29, 1.82) is 0 Å². The van der Waals surface area contributed by atoms with Gasteiger partial charge in [0.25, 0.3) is 0 Å². The van der Waals surface area contributed by atoms with Crippen molar-refractivity contribution in [3.05, 3.63) is 29.5 Å². The Hall–Kier alpha value is -2.13. The summed E-state index contributed by atoms with van der Waals surface area (Å²) in [7, 11) is 5.49. The molecule has 2 aromatic rings. The number of hydrogen-bond acceptors (Lipinski definition) is 6. The molecule has 1 aromatic carbocycles. The third kappa shape index (κ3) is 4.03. The van der Waals surface area contributed by atoms with Crippen molar-refractivity contribution in [2.75, 3.05) is 73.7 Å². The van der Waals surface area contributed by atoms with Crippen LogP contribution in [0.15, 0.2) is 18.2 Å². The lowest BCUT2D eigenvalue weighted by Gasteiger charge is -2.57. The molecule has 180 valence electrons. The molecule has 0 bridgehead atoms. The van der Waals surface area contributed by atoms with Crippen molar-refractivity contribution >= 4 is 16.8 Å². The lowest BCUT2D eigenvalue weighted by molar-refractivity contribution is -0.139. The second-order valence-electron chi connectivity index (χ2n) is 10.3. The zero-order chi connectivity index (χ0) is 23.2. The Morgan fingerprint density at radius 3 is 2.70 bits per heavy atom. The van der Waals surface area contributed by atoms with Crippen LogP contribution in [0.1, 0.15) is 30.1 Å². The number of aliphatic hydroxyl groups is 1. The molecule has 3 aliphatic heterocycles. The molecule has 8 heteroatoms. The third-order valence-electron chi connectivity index (χ3n) is 7.60. The number of carbonyl (C=O) groups is 1. The Morgan fingerprint density at radius 2 is 2.03 bits per heavy atom. The number of likely N-dealkylation sites (N-methyl/N-ethyl adjacent to an activating group) is 1. The quantitative estimate of drug-likeness (QED) is 0.687. The average molecular weight is 457 g/mol. The van der Waals surface area contributed by atoms with Gasteiger partial charge in [-0.2, -0.15) is 0 Å². The van der Waals surface area contributed by atoms with E-state index in [1.54, 1.807) is 7.11 Å². The van der Waals surface area contributed by atoms with E-state index >= 15 is 0 Å². The van der Waals surface area contributed by atoms with E-state index in [2.05, 4.69) is 16.0 Å². The normalized spacial score (nSPS) is 23.2. The van der Waals surface area contributed by atoms with Gasteiger partial charge in [0.05, 0.1) is 26.3 Å². The van der Waals surface area contributed by atoms with E-state index in [0.717, 1.165) is 62.6 Å². The lowest BCUT2D eigenvalue weighted by Crippen LogP contribution is -2.67. The fraction of sp³-hybridized carbons (Fsp3) is 0.640. The largest absolute Gasteiger partial charge is 0.497 e. The van der Waals surface area contributed by atoms with Crippen molar-refractivity contribution in [3.63, 3.8) is 0 Å². The number of aromatic amines is 1. The molecule has 8 nitrogen and oxygen atoms in total. The number of nitrogens with zero attached hydrogens (tertiary/aromatic N) is 3. The number of benzene rings is 1. The zero-order valence-corrected chi connectivity index (χ0v) is 20.0. The highest BCUT2D eigenvalue weighted by Crippen LogP contribution is 2.48. The number of aromatic nitrogens is 1. The van der Waals surface area contributed by atoms with Gasteiger partial charge in [0, 0.05) is 67.5 Å². The van der Waals surface area contributed by atoms with E-state index in [-0.39, 0.29) is 24.0 Å². The summed E-state index contributed by atoms with van der Waals surface area (Å²) >= 11 is 0. The number of H-pyrrole nitrogens is 1. The molecule has 2 N–H and O–H groups in total. The van der Waals surface area contributed by atoms with E-state index in [1.807, 2.05) is 36.0 Å². The molecule has 1 amide bonds. The summed E-state index contributed by atoms with van der Waals surface area (Å²) in [4.78, 5) is 23.1. The van der Waals surface area contributed by atoms with Gasteiger partial charge < -0.3 is 34.3 Å².